The van der Waals surface area contributed by atoms with E-state index >= 15 is 0 Å². The van der Waals surface area contributed by atoms with Crippen LogP contribution in [0.15, 0.2) is 16.9 Å². The minimum Gasteiger partial charge on any atom is -0.508 e. The second-order valence-corrected chi connectivity index (χ2v) is 3.05. The normalized spacial score (nSPS) is 12.8. The first-order chi connectivity index (χ1) is 6.13. The highest BCUT2D eigenvalue weighted by molar-refractivity contribution is 5.22. The van der Waals surface area contributed by atoms with Crippen LogP contribution in [0.3, 0.4) is 0 Å². The average Bonchev–Trinajstić information content (AvgIpc) is 2.03. The molecule has 0 saturated carbocycles. The first-order valence-corrected chi connectivity index (χ1v) is 4.32. The molecular weight excluding hydrogens is 168 g/mol. The smallest absolute Gasteiger partial charge is 0.251 e. The van der Waals surface area contributed by atoms with Crippen LogP contribution in [0.1, 0.15) is 31.5 Å². The first kappa shape index (κ1) is 9.80. The summed E-state index contributed by atoms with van der Waals surface area (Å²) >= 11 is 0. The van der Waals surface area contributed by atoms with Crippen LogP contribution in [0.5, 0.6) is 5.75 Å². The Hall–Kier alpha value is -1.29. The lowest BCUT2D eigenvalue weighted by Crippen LogP contribution is -2.16. The fraction of sp³-hybridized carbons (Fsp3) is 0.444. The highest BCUT2D eigenvalue weighted by atomic mass is 16.3. The van der Waals surface area contributed by atoms with E-state index in [-0.39, 0.29) is 17.4 Å². The van der Waals surface area contributed by atoms with Gasteiger partial charge in [-0.2, -0.15) is 0 Å². The minimum absolute atomic E-state index is 0.0368. The molecule has 1 heterocycles. The number of hydrogen-bond donors (Lipinski definition) is 3. The Kier molecular flexibility index (Phi) is 3.08. The van der Waals surface area contributed by atoms with Gasteiger partial charge in [0.2, 0.25) is 0 Å². The Bertz CT molecular complexity index is 333. The lowest BCUT2D eigenvalue weighted by molar-refractivity contribution is 0.470. The fourth-order valence-corrected chi connectivity index (χ4v) is 1.22. The van der Waals surface area contributed by atoms with Gasteiger partial charge >= 0.3 is 0 Å². The Morgan fingerprint density at radius 1 is 1.62 bits per heavy atom. The van der Waals surface area contributed by atoms with Gasteiger partial charge < -0.3 is 15.8 Å². The third-order valence-corrected chi connectivity index (χ3v) is 1.85. The number of aromatic amines is 1. The van der Waals surface area contributed by atoms with Crippen molar-refractivity contribution >= 4 is 0 Å². The first-order valence-electron chi connectivity index (χ1n) is 4.32. The Morgan fingerprint density at radius 3 is 2.85 bits per heavy atom. The summed E-state index contributed by atoms with van der Waals surface area (Å²) in [6.07, 6.45) is 1.73. The monoisotopic (exact) mass is 182 g/mol. The zero-order valence-electron chi connectivity index (χ0n) is 7.58. The molecule has 72 valence electrons. The number of nitrogens with one attached hydrogen (secondary N) is 1. The summed E-state index contributed by atoms with van der Waals surface area (Å²) in [5.41, 5.74) is 6.03. The molecule has 13 heavy (non-hydrogen) atoms. The SMILES string of the molecule is CCCC(N)c1cc(O)cc(=O)[nH]1. The van der Waals surface area contributed by atoms with Gasteiger partial charge in [0.15, 0.2) is 0 Å². The second-order valence-electron chi connectivity index (χ2n) is 3.05. The fourth-order valence-electron chi connectivity index (χ4n) is 1.22. The Labute approximate surface area is 76.4 Å². The molecule has 4 N–H and O–H groups in total. The third kappa shape index (κ3) is 2.59. The molecule has 0 radical (unpaired) electrons. The van der Waals surface area contributed by atoms with Gasteiger partial charge in [0.05, 0.1) is 0 Å². The maximum atomic E-state index is 10.9. The molecule has 0 aliphatic heterocycles. The van der Waals surface area contributed by atoms with Gasteiger partial charge in [-0.3, -0.25) is 4.79 Å². The van der Waals surface area contributed by atoms with Gasteiger partial charge in [0.25, 0.3) is 5.56 Å². The van der Waals surface area contributed by atoms with Crippen molar-refractivity contribution in [2.45, 2.75) is 25.8 Å². The van der Waals surface area contributed by atoms with Crippen LogP contribution in [0.2, 0.25) is 0 Å². The van der Waals surface area contributed by atoms with Crippen molar-refractivity contribution in [1.29, 1.82) is 0 Å². The maximum absolute atomic E-state index is 10.9. The van der Waals surface area contributed by atoms with Crippen molar-refractivity contribution in [3.8, 4) is 5.75 Å². The number of nitrogens with two attached hydrogens (primary N) is 1. The number of H-pyrrole nitrogens is 1. The van der Waals surface area contributed by atoms with Gasteiger partial charge in [-0.1, -0.05) is 13.3 Å². The van der Waals surface area contributed by atoms with Gasteiger partial charge in [-0.15, -0.1) is 0 Å². The molecule has 1 unspecified atom stereocenters. The van der Waals surface area contributed by atoms with Crippen LogP contribution < -0.4 is 11.3 Å². The van der Waals surface area contributed by atoms with E-state index < -0.39 is 0 Å². The summed E-state index contributed by atoms with van der Waals surface area (Å²) in [6.45, 7) is 2.01. The lowest BCUT2D eigenvalue weighted by Gasteiger charge is -2.09. The van der Waals surface area contributed by atoms with Crippen molar-refractivity contribution in [2.75, 3.05) is 0 Å². The number of hydrogen-bond acceptors (Lipinski definition) is 3. The third-order valence-electron chi connectivity index (χ3n) is 1.85. The van der Waals surface area contributed by atoms with Crippen molar-refractivity contribution in [1.82, 2.24) is 4.98 Å². The van der Waals surface area contributed by atoms with Crippen molar-refractivity contribution in [3.63, 3.8) is 0 Å². The zero-order chi connectivity index (χ0) is 9.84. The van der Waals surface area contributed by atoms with E-state index in [0.717, 1.165) is 18.9 Å². The molecule has 0 fully saturated rings. The predicted octanol–water partition coefficient (Wildman–Crippen LogP) is 0.880. The predicted molar refractivity (Wildman–Crippen MR) is 50.6 cm³/mol. The largest absolute Gasteiger partial charge is 0.508 e. The quantitative estimate of drug-likeness (QED) is 0.649. The van der Waals surface area contributed by atoms with Crippen LogP contribution >= 0.6 is 0 Å². The number of aromatic nitrogens is 1. The Morgan fingerprint density at radius 2 is 2.31 bits per heavy atom. The van der Waals surface area contributed by atoms with E-state index in [2.05, 4.69) is 4.98 Å². The molecular formula is C9H14N2O2. The van der Waals surface area contributed by atoms with Crippen molar-refractivity contribution in [2.24, 2.45) is 5.73 Å². The van der Waals surface area contributed by atoms with Crippen LogP contribution in [0, 0.1) is 0 Å². The van der Waals surface area contributed by atoms with Gasteiger partial charge in [-0.05, 0) is 6.42 Å². The molecule has 0 aliphatic rings. The summed E-state index contributed by atoms with van der Waals surface area (Å²) in [5, 5.41) is 9.14. The number of aromatic hydroxyl groups is 1. The summed E-state index contributed by atoms with van der Waals surface area (Å²) in [4.78, 5) is 13.5. The van der Waals surface area contributed by atoms with E-state index in [1.807, 2.05) is 6.92 Å². The molecule has 0 bridgehead atoms. The summed E-state index contributed by atoms with van der Waals surface area (Å²) in [6, 6.07) is 2.41. The highest BCUT2D eigenvalue weighted by Crippen LogP contribution is 2.15. The van der Waals surface area contributed by atoms with E-state index in [0.29, 0.717) is 5.69 Å². The molecule has 0 aliphatic carbocycles. The zero-order valence-corrected chi connectivity index (χ0v) is 7.58. The van der Waals surface area contributed by atoms with E-state index in [1.54, 1.807) is 0 Å². The topological polar surface area (TPSA) is 79.1 Å². The lowest BCUT2D eigenvalue weighted by atomic mass is 10.1. The van der Waals surface area contributed by atoms with Gasteiger partial charge in [-0.25, -0.2) is 0 Å². The molecule has 0 aromatic carbocycles. The van der Waals surface area contributed by atoms with Crippen LogP contribution in [-0.2, 0) is 0 Å². The molecule has 1 aromatic rings. The maximum Gasteiger partial charge on any atom is 0.251 e. The number of rotatable bonds is 3. The Balaban J connectivity index is 2.94. The van der Waals surface area contributed by atoms with Crippen molar-refractivity contribution < 1.29 is 5.11 Å². The average molecular weight is 182 g/mol. The molecule has 0 saturated heterocycles. The molecule has 0 spiro atoms. The van der Waals surface area contributed by atoms with Crippen molar-refractivity contribution in [3.05, 3.63) is 28.2 Å². The van der Waals surface area contributed by atoms with Gasteiger partial charge in [0.1, 0.15) is 5.75 Å². The second kappa shape index (κ2) is 4.09. The number of pyridine rings is 1. The van der Waals surface area contributed by atoms with Gasteiger partial charge in [0, 0.05) is 23.9 Å². The molecule has 4 heteroatoms. The summed E-state index contributed by atoms with van der Waals surface area (Å²) in [5.74, 6) is -0.0368. The molecule has 1 atom stereocenters. The summed E-state index contributed by atoms with van der Waals surface area (Å²) < 4.78 is 0. The van der Waals surface area contributed by atoms with E-state index in [1.165, 1.54) is 6.07 Å². The highest BCUT2D eigenvalue weighted by Gasteiger charge is 2.06. The van der Waals surface area contributed by atoms with Crippen LogP contribution in [0.25, 0.3) is 0 Å². The van der Waals surface area contributed by atoms with Crippen LogP contribution in [0.4, 0.5) is 0 Å². The molecule has 0 amide bonds. The molecule has 4 nitrogen and oxygen atoms in total. The summed E-state index contributed by atoms with van der Waals surface area (Å²) in [7, 11) is 0. The van der Waals surface area contributed by atoms with E-state index in [4.69, 9.17) is 10.8 Å². The molecule has 1 aromatic heterocycles. The van der Waals surface area contributed by atoms with Crippen LogP contribution in [-0.4, -0.2) is 10.1 Å². The van der Waals surface area contributed by atoms with E-state index in [9.17, 15) is 4.79 Å². The minimum atomic E-state index is -0.318. The molecule has 1 rings (SSSR count). The standard InChI is InChI=1S/C9H14N2O2/c1-2-3-7(10)8-4-6(12)5-9(13)11-8/h4-5,7H,2-3,10H2,1H3,(H2,11,12,13).